The van der Waals surface area contributed by atoms with Gasteiger partial charge in [-0.1, -0.05) is 13.8 Å². The summed E-state index contributed by atoms with van der Waals surface area (Å²) in [5, 5.41) is 9.10. The number of aliphatic hydroxyl groups excluding tert-OH is 1. The van der Waals surface area contributed by atoms with Gasteiger partial charge in [0, 0.05) is 13.6 Å². The summed E-state index contributed by atoms with van der Waals surface area (Å²) in [7, 11) is 1.73. The van der Waals surface area contributed by atoms with E-state index in [0.717, 1.165) is 0 Å². The number of carbonyl (C=O) groups is 1. The molecule has 0 bridgehead atoms. The maximum Gasteiger partial charge on any atom is 0.239 e. The first-order chi connectivity index (χ1) is 6.84. The Balaban J connectivity index is 3.96. The van der Waals surface area contributed by atoms with E-state index in [9.17, 15) is 4.79 Å². The van der Waals surface area contributed by atoms with E-state index in [4.69, 9.17) is 10.8 Å². The second kappa shape index (κ2) is 6.80. The summed E-state index contributed by atoms with van der Waals surface area (Å²) in [4.78, 5) is 13.3. The van der Waals surface area contributed by atoms with Crippen molar-refractivity contribution in [3.05, 3.63) is 0 Å². The molecule has 90 valence electrons. The number of aliphatic hydroxyl groups is 1. The smallest absolute Gasteiger partial charge is 0.239 e. The first-order valence-electron chi connectivity index (χ1n) is 5.53. The van der Waals surface area contributed by atoms with Gasteiger partial charge in [0.25, 0.3) is 0 Å². The van der Waals surface area contributed by atoms with Crippen LogP contribution >= 0.6 is 0 Å². The van der Waals surface area contributed by atoms with Crippen molar-refractivity contribution in [2.75, 3.05) is 13.6 Å². The molecule has 0 aliphatic rings. The minimum Gasteiger partial charge on any atom is -0.393 e. The Kier molecular flexibility index (Phi) is 6.52. The summed E-state index contributed by atoms with van der Waals surface area (Å²) in [6, 6.07) is -0.413. The highest BCUT2D eigenvalue weighted by Crippen LogP contribution is 2.05. The molecule has 1 amide bonds. The van der Waals surface area contributed by atoms with Crippen LogP contribution in [0.15, 0.2) is 0 Å². The van der Waals surface area contributed by atoms with Crippen molar-refractivity contribution < 1.29 is 9.90 Å². The van der Waals surface area contributed by atoms with Gasteiger partial charge in [-0.05, 0) is 25.7 Å². The molecule has 0 saturated heterocycles. The molecule has 1 unspecified atom stereocenters. The van der Waals surface area contributed by atoms with Crippen molar-refractivity contribution in [1.29, 1.82) is 0 Å². The van der Waals surface area contributed by atoms with E-state index in [2.05, 4.69) is 0 Å². The van der Waals surface area contributed by atoms with Crippen LogP contribution < -0.4 is 5.73 Å². The molecule has 0 rings (SSSR count). The number of hydrogen-bond donors (Lipinski definition) is 2. The average molecular weight is 216 g/mol. The monoisotopic (exact) mass is 216 g/mol. The van der Waals surface area contributed by atoms with E-state index < -0.39 is 6.04 Å². The van der Waals surface area contributed by atoms with E-state index in [1.165, 1.54) is 0 Å². The normalized spacial score (nSPS) is 15.1. The van der Waals surface area contributed by atoms with E-state index >= 15 is 0 Å². The van der Waals surface area contributed by atoms with Crippen molar-refractivity contribution in [2.24, 2.45) is 11.7 Å². The summed E-state index contributed by atoms with van der Waals surface area (Å²) in [6.45, 7) is 6.36. The first-order valence-corrected chi connectivity index (χ1v) is 5.53. The third-order valence-corrected chi connectivity index (χ3v) is 2.30. The number of likely N-dealkylation sites (N-methyl/N-ethyl adjacent to an activating group) is 1. The van der Waals surface area contributed by atoms with Gasteiger partial charge >= 0.3 is 0 Å². The predicted molar refractivity (Wildman–Crippen MR) is 61.4 cm³/mol. The average Bonchev–Trinajstić information content (AvgIpc) is 2.11. The Bertz CT molecular complexity index is 193. The predicted octanol–water partition coefficient (Wildman–Crippen LogP) is 0.589. The van der Waals surface area contributed by atoms with Gasteiger partial charge in [-0.3, -0.25) is 4.79 Å². The second-order valence-corrected chi connectivity index (χ2v) is 4.63. The van der Waals surface area contributed by atoms with Gasteiger partial charge in [0.2, 0.25) is 5.91 Å². The molecule has 0 spiro atoms. The number of hydrogen-bond acceptors (Lipinski definition) is 3. The molecule has 0 aromatic carbocycles. The minimum absolute atomic E-state index is 0.0376. The number of carbonyl (C=O) groups excluding carboxylic acids is 1. The SMILES string of the molecule is CC(C)C[C@H](N)C(=O)N(C)CCC(C)O. The molecular weight excluding hydrogens is 192 g/mol. The van der Waals surface area contributed by atoms with Crippen molar-refractivity contribution in [1.82, 2.24) is 4.90 Å². The molecule has 2 atom stereocenters. The molecule has 3 N–H and O–H groups in total. The Hall–Kier alpha value is -0.610. The van der Waals surface area contributed by atoms with Gasteiger partial charge in [-0.25, -0.2) is 0 Å². The lowest BCUT2D eigenvalue weighted by molar-refractivity contribution is -0.131. The van der Waals surface area contributed by atoms with E-state index in [-0.39, 0.29) is 12.0 Å². The standard InChI is InChI=1S/C11H24N2O2/c1-8(2)7-10(12)11(15)13(4)6-5-9(3)14/h8-10,14H,5-7,12H2,1-4H3/t9?,10-/m0/s1. The molecule has 0 saturated carbocycles. The van der Waals surface area contributed by atoms with Crippen LogP contribution in [0.4, 0.5) is 0 Å². The molecule has 4 nitrogen and oxygen atoms in total. The largest absolute Gasteiger partial charge is 0.393 e. The fourth-order valence-electron chi connectivity index (χ4n) is 1.38. The Morgan fingerprint density at radius 1 is 1.40 bits per heavy atom. The van der Waals surface area contributed by atoms with Crippen LogP contribution in [0, 0.1) is 5.92 Å². The van der Waals surface area contributed by atoms with Crippen molar-refractivity contribution in [3.63, 3.8) is 0 Å². The van der Waals surface area contributed by atoms with Crippen molar-refractivity contribution in [3.8, 4) is 0 Å². The van der Waals surface area contributed by atoms with Gasteiger partial charge in [0.15, 0.2) is 0 Å². The van der Waals surface area contributed by atoms with Crippen molar-refractivity contribution in [2.45, 2.75) is 45.8 Å². The van der Waals surface area contributed by atoms with Gasteiger partial charge in [-0.2, -0.15) is 0 Å². The van der Waals surface area contributed by atoms with Gasteiger partial charge in [0.1, 0.15) is 0 Å². The number of rotatable bonds is 6. The Morgan fingerprint density at radius 2 is 1.93 bits per heavy atom. The zero-order valence-electron chi connectivity index (χ0n) is 10.2. The van der Waals surface area contributed by atoms with E-state index in [0.29, 0.717) is 25.3 Å². The lowest BCUT2D eigenvalue weighted by atomic mass is 10.0. The third kappa shape index (κ3) is 6.47. The number of amides is 1. The summed E-state index contributed by atoms with van der Waals surface area (Å²) in [5.41, 5.74) is 5.77. The summed E-state index contributed by atoms with van der Waals surface area (Å²) in [5.74, 6) is 0.387. The topological polar surface area (TPSA) is 66.6 Å². The molecule has 0 aliphatic heterocycles. The zero-order valence-corrected chi connectivity index (χ0v) is 10.2. The van der Waals surface area contributed by atoms with Crippen LogP contribution in [0.1, 0.15) is 33.6 Å². The Morgan fingerprint density at radius 3 is 2.33 bits per heavy atom. The third-order valence-electron chi connectivity index (χ3n) is 2.30. The van der Waals surface area contributed by atoms with Crippen LogP contribution in [0.5, 0.6) is 0 Å². The first kappa shape index (κ1) is 14.4. The van der Waals surface area contributed by atoms with Gasteiger partial charge < -0.3 is 15.7 Å². The Labute approximate surface area is 92.4 Å². The highest BCUT2D eigenvalue weighted by molar-refractivity contribution is 5.81. The molecule has 15 heavy (non-hydrogen) atoms. The molecule has 4 heteroatoms. The maximum atomic E-state index is 11.7. The van der Waals surface area contributed by atoms with Gasteiger partial charge in [-0.15, -0.1) is 0 Å². The fraction of sp³-hybridized carbons (Fsp3) is 0.909. The molecule has 0 heterocycles. The summed E-state index contributed by atoms with van der Waals surface area (Å²) in [6.07, 6.45) is 0.927. The van der Waals surface area contributed by atoms with Crippen LogP contribution in [0.3, 0.4) is 0 Å². The fourth-order valence-corrected chi connectivity index (χ4v) is 1.38. The van der Waals surface area contributed by atoms with Gasteiger partial charge in [0.05, 0.1) is 12.1 Å². The minimum atomic E-state index is -0.413. The van der Waals surface area contributed by atoms with E-state index in [1.807, 2.05) is 13.8 Å². The number of nitrogens with two attached hydrogens (primary N) is 1. The maximum absolute atomic E-state index is 11.7. The molecule has 0 radical (unpaired) electrons. The number of nitrogens with zero attached hydrogens (tertiary/aromatic N) is 1. The van der Waals surface area contributed by atoms with Crippen LogP contribution in [0.25, 0.3) is 0 Å². The van der Waals surface area contributed by atoms with Crippen LogP contribution in [-0.4, -0.2) is 41.7 Å². The second-order valence-electron chi connectivity index (χ2n) is 4.63. The molecular formula is C11H24N2O2. The zero-order chi connectivity index (χ0) is 12.0. The molecule has 0 aliphatic carbocycles. The lowest BCUT2D eigenvalue weighted by Gasteiger charge is -2.22. The van der Waals surface area contributed by atoms with Crippen molar-refractivity contribution >= 4 is 5.91 Å². The van der Waals surface area contributed by atoms with E-state index in [1.54, 1.807) is 18.9 Å². The lowest BCUT2D eigenvalue weighted by Crippen LogP contribution is -2.43. The van der Waals surface area contributed by atoms with Crippen LogP contribution in [0.2, 0.25) is 0 Å². The highest BCUT2D eigenvalue weighted by Gasteiger charge is 2.18. The molecule has 0 aromatic rings. The molecule has 0 aromatic heterocycles. The quantitative estimate of drug-likeness (QED) is 0.683. The summed E-state index contributed by atoms with van der Waals surface area (Å²) < 4.78 is 0. The summed E-state index contributed by atoms with van der Waals surface area (Å²) >= 11 is 0. The van der Waals surface area contributed by atoms with Crippen LogP contribution in [-0.2, 0) is 4.79 Å². The molecule has 0 fully saturated rings. The highest BCUT2D eigenvalue weighted by atomic mass is 16.3.